The third kappa shape index (κ3) is 3.62. The molecule has 4 aromatic rings. The molecule has 0 aliphatic rings. The van der Waals surface area contributed by atoms with Crippen molar-refractivity contribution in [2.75, 3.05) is 5.32 Å². The van der Waals surface area contributed by atoms with Crippen LogP contribution in [0.2, 0.25) is 0 Å². The van der Waals surface area contributed by atoms with Crippen molar-refractivity contribution in [1.29, 1.82) is 0 Å². The topological polar surface area (TPSA) is 98.0 Å². The predicted molar refractivity (Wildman–Crippen MR) is 101 cm³/mol. The summed E-state index contributed by atoms with van der Waals surface area (Å²) >= 11 is 0. The summed E-state index contributed by atoms with van der Waals surface area (Å²) in [6.07, 6.45) is 1.26. The molecular formula is C20H11F3N4O3. The molecule has 0 atom stereocenters. The van der Waals surface area contributed by atoms with Gasteiger partial charge in [0.15, 0.2) is 11.0 Å². The summed E-state index contributed by atoms with van der Waals surface area (Å²) in [4.78, 5) is 36.3. The molecule has 0 spiro atoms. The molecule has 150 valence electrons. The number of fused-ring (bicyclic) bond motifs is 1. The first-order valence-electron chi connectivity index (χ1n) is 8.50. The summed E-state index contributed by atoms with van der Waals surface area (Å²) in [5, 5.41) is 2.63. The van der Waals surface area contributed by atoms with E-state index in [1.807, 2.05) is 0 Å². The number of rotatable bonds is 3. The molecule has 0 fully saturated rings. The Kier molecular flexibility index (Phi) is 4.74. The Morgan fingerprint density at radius 1 is 1.03 bits per heavy atom. The first-order chi connectivity index (χ1) is 14.3. The number of alkyl halides is 3. The van der Waals surface area contributed by atoms with Gasteiger partial charge in [-0.15, -0.1) is 0 Å². The zero-order valence-electron chi connectivity index (χ0n) is 15.0. The second-order valence-corrected chi connectivity index (χ2v) is 6.12. The van der Waals surface area contributed by atoms with E-state index in [0.717, 1.165) is 24.5 Å². The number of benzene rings is 1. The van der Waals surface area contributed by atoms with Gasteiger partial charge in [0.2, 0.25) is 0 Å². The van der Waals surface area contributed by atoms with Crippen LogP contribution in [0, 0.1) is 0 Å². The Balaban J connectivity index is 1.86. The van der Waals surface area contributed by atoms with E-state index in [0.29, 0.717) is 0 Å². The highest BCUT2D eigenvalue weighted by atomic mass is 19.4. The van der Waals surface area contributed by atoms with Gasteiger partial charge in [-0.05, 0) is 18.2 Å². The van der Waals surface area contributed by atoms with Crippen molar-refractivity contribution in [3.05, 3.63) is 82.8 Å². The second kappa shape index (κ2) is 7.39. The Bertz CT molecular complexity index is 1300. The minimum Gasteiger partial charge on any atom is -0.454 e. The molecule has 1 N–H and O–H groups in total. The van der Waals surface area contributed by atoms with Crippen molar-refractivity contribution in [3.8, 4) is 11.3 Å². The van der Waals surface area contributed by atoms with Crippen LogP contribution in [0.4, 0.5) is 18.9 Å². The van der Waals surface area contributed by atoms with E-state index < -0.39 is 23.1 Å². The molecule has 0 unspecified atom stereocenters. The molecule has 3 aromatic heterocycles. The minimum atomic E-state index is -4.68. The molecule has 0 radical (unpaired) electrons. The van der Waals surface area contributed by atoms with Crippen LogP contribution in [0.1, 0.15) is 16.1 Å². The molecular weight excluding hydrogens is 401 g/mol. The quantitative estimate of drug-likeness (QED) is 0.548. The Morgan fingerprint density at radius 2 is 1.83 bits per heavy atom. The molecule has 1 aromatic carbocycles. The lowest BCUT2D eigenvalue weighted by Crippen LogP contribution is -2.14. The van der Waals surface area contributed by atoms with E-state index in [1.165, 1.54) is 36.8 Å². The Labute approximate surface area is 166 Å². The molecule has 0 aliphatic carbocycles. The van der Waals surface area contributed by atoms with Gasteiger partial charge in [-0.25, -0.2) is 4.98 Å². The van der Waals surface area contributed by atoms with Crippen molar-refractivity contribution in [2.45, 2.75) is 6.18 Å². The van der Waals surface area contributed by atoms with E-state index in [4.69, 9.17) is 4.42 Å². The Hall–Kier alpha value is -4.08. The van der Waals surface area contributed by atoms with Crippen molar-refractivity contribution >= 4 is 22.6 Å². The summed E-state index contributed by atoms with van der Waals surface area (Å²) in [7, 11) is 0. The number of anilines is 1. The summed E-state index contributed by atoms with van der Waals surface area (Å²) in [6.45, 7) is 0. The average molecular weight is 412 g/mol. The van der Waals surface area contributed by atoms with Crippen molar-refractivity contribution in [3.63, 3.8) is 0 Å². The maximum absolute atomic E-state index is 13.4. The van der Waals surface area contributed by atoms with Gasteiger partial charge in [0.05, 0.1) is 22.8 Å². The van der Waals surface area contributed by atoms with Gasteiger partial charge in [0.1, 0.15) is 11.5 Å². The molecule has 0 saturated carbocycles. The van der Waals surface area contributed by atoms with E-state index in [1.54, 1.807) is 0 Å². The molecule has 7 nitrogen and oxygen atoms in total. The number of pyridine rings is 1. The standard InChI is InChI=1S/C20H11F3N4O3/c21-20(22,23)13-4-5-24-9-12(13)17-8-16(28)11-2-1-3-14(18(11)30-17)27-19(29)15-10-25-6-7-26-15/h1-10H,(H,27,29). The molecule has 3 heterocycles. The summed E-state index contributed by atoms with van der Waals surface area (Å²) in [6, 6.07) is 6.16. The van der Waals surface area contributed by atoms with E-state index in [9.17, 15) is 22.8 Å². The van der Waals surface area contributed by atoms with Crippen LogP contribution in [0.25, 0.3) is 22.3 Å². The number of hydrogen-bond acceptors (Lipinski definition) is 6. The van der Waals surface area contributed by atoms with E-state index in [2.05, 4.69) is 20.3 Å². The summed E-state index contributed by atoms with van der Waals surface area (Å²) in [5.41, 5.74) is -1.92. The third-order valence-corrected chi connectivity index (χ3v) is 4.19. The lowest BCUT2D eigenvalue weighted by molar-refractivity contribution is -0.137. The third-order valence-electron chi connectivity index (χ3n) is 4.19. The highest BCUT2D eigenvalue weighted by molar-refractivity contribution is 6.06. The predicted octanol–water partition coefficient (Wildman–Crippen LogP) is 3.92. The zero-order valence-corrected chi connectivity index (χ0v) is 15.0. The van der Waals surface area contributed by atoms with Gasteiger partial charge in [0, 0.05) is 36.4 Å². The summed E-state index contributed by atoms with van der Waals surface area (Å²) < 4.78 is 45.8. The lowest BCUT2D eigenvalue weighted by Gasteiger charge is -2.13. The number of nitrogens with one attached hydrogen (secondary N) is 1. The van der Waals surface area contributed by atoms with E-state index >= 15 is 0 Å². The fraction of sp³-hybridized carbons (Fsp3) is 0.0500. The van der Waals surface area contributed by atoms with Crippen molar-refractivity contribution < 1.29 is 22.4 Å². The molecule has 10 heteroatoms. The summed E-state index contributed by atoms with van der Waals surface area (Å²) in [5.74, 6) is -0.949. The first kappa shape index (κ1) is 19.2. The number of aromatic nitrogens is 3. The first-order valence-corrected chi connectivity index (χ1v) is 8.50. The Morgan fingerprint density at radius 3 is 2.57 bits per heavy atom. The zero-order chi connectivity index (χ0) is 21.3. The largest absolute Gasteiger partial charge is 0.454 e. The fourth-order valence-electron chi connectivity index (χ4n) is 2.85. The van der Waals surface area contributed by atoms with Crippen molar-refractivity contribution in [1.82, 2.24) is 15.0 Å². The van der Waals surface area contributed by atoms with Gasteiger partial charge < -0.3 is 9.73 Å². The van der Waals surface area contributed by atoms with Gasteiger partial charge in [-0.2, -0.15) is 13.2 Å². The molecule has 30 heavy (non-hydrogen) atoms. The molecule has 0 aliphatic heterocycles. The number of amides is 1. The van der Waals surface area contributed by atoms with Crippen LogP contribution >= 0.6 is 0 Å². The van der Waals surface area contributed by atoms with Gasteiger partial charge in [-0.1, -0.05) is 6.07 Å². The van der Waals surface area contributed by atoms with Crippen LogP contribution < -0.4 is 10.7 Å². The number of halogens is 3. The number of carbonyl (C=O) groups is 1. The van der Waals surface area contributed by atoms with Crippen molar-refractivity contribution in [2.24, 2.45) is 0 Å². The van der Waals surface area contributed by atoms with Crippen LogP contribution in [-0.2, 0) is 6.18 Å². The van der Waals surface area contributed by atoms with Gasteiger partial charge >= 0.3 is 6.18 Å². The molecule has 4 rings (SSSR count). The normalized spacial score (nSPS) is 11.4. The van der Waals surface area contributed by atoms with Crippen LogP contribution in [0.3, 0.4) is 0 Å². The highest BCUT2D eigenvalue weighted by Gasteiger charge is 2.34. The monoisotopic (exact) mass is 412 g/mol. The second-order valence-electron chi connectivity index (χ2n) is 6.12. The minimum absolute atomic E-state index is 0.0135. The van der Waals surface area contributed by atoms with Crippen LogP contribution in [0.5, 0.6) is 0 Å². The molecule has 0 bridgehead atoms. The maximum Gasteiger partial charge on any atom is 0.417 e. The van der Waals surface area contributed by atoms with Gasteiger partial charge in [-0.3, -0.25) is 19.6 Å². The van der Waals surface area contributed by atoms with E-state index in [-0.39, 0.29) is 33.7 Å². The van der Waals surface area contributed by atoms with Gasteiger partial charge in [0.25, 0.3) is 5.91 Å². The smallest absolute Gasteiger partial charge is 0.417 e. The molecule has 1 amide bonds. The number of carbonyl (C=O) groups excluding carboxylic acids is 1. The molecule has 0 saturated heterocycles. The van der Waals surface area contributed by atoms with Crippen LogP contribution in [-0.4, -0.2) is 20.9 Å². The SMILES string of the molecule is O=C(Nc1cccc2c(=O)cc(-c3cnccc3C(F)(F)F)oc12)c1cnccn1. The fourth-order valence-corrected chi connectivity index (χ4v) is 2.85. The van der Waals surface area contributed by atoms with Crippen LogP contribution in [0.15, 0.2) is 70.5 Å². The lowest BCUT2D eigenvalue weighted by atomic mass is 10.1. The number of para-hydroxylation sites is 1. The number of nitrogens with zero attached hydrogens (tertiary/aromatic N) is 3. The average Bonchev–Trinajstić information content (AvgIpc) is 2.74. The maximum atomic E-state index is 13.4. The highest BCUT2D eigenvalue weighted by Crippen LogP contribution is 2.37. The number of hydrogen-bond donors (Lipinski definition) is 1.